The van der Waals surface area contributed by atoms with Crippen molar-refractivity contribution >= 4 is 35.0 Å². The zero-order valence-electron chi connectivity index (χ0n) is 9.22. The number of ether oxygens (including phenoxy) is 1. The molecule has 0 saturated heterocycles. The molecule has 16 heavy (non-hydrogen) atoms. The average molecular weight is 260 g/mol. The number of rotatable bonds is 5. The Morgan fingerprint density at radius 3 is 2.69 bits per heavy atom. The zero-order valence-corrected chi connectivity index (χ0v) is 10.9. The van der Waals surface area contributed by atoms with Crippen molar-refractivity contribution in [3.8, 4) is 0 Å². The van der Waals surface area contributed by atoms with Gasteiger partial charge in [-0.15, -0.1) is 0 Å². The smallest absolute Gasteiger partial charge is 0.323 e. The van der Waals surface area contributed by atoms with E-state index in [-0.39, 0.29) is 12.4 Å². The average Bonchev–Trinajstić information content (AvgIpc) is 2.66. The third-order valence-corrected chi connectivity index (χ3v) is 3.22. The van der Waals surface area contributed by atoms with Gasteiger partial charge in [-0.05, 0) is 31.6 Å². The maximum atomic E-state index is 11.6. The Labute approximate surface area is 102 Å². The van der Waals surface area contributed by atoms with Crippen LogP contribution in [0.4, 0.5) is 0 Å². The van der Waals surface area contributed by atoms with Crippen molar-refractivity contribution in [2.45, 2.75) is 24.9 Å². The fraction of sp³-hybridized carbons (Fsp3) is 0.556. The molecule has 0 spiro atoms. The molecule has 1 aromatic rings. The minimum atomic E-state index is -0.932. The van der Waals surface area contributed by atoms with Gasteiger partial charge >= 0.3 is 5.97 Å². The van der Waals surface area contributed by atoms with Gasteiger partial charge in [0.05, 0.1) is 6.61 Å². The van der Waals surface area contributed by atoms with Crippen LogP contribution in [0.1, 0.15) is 24.8 Å². The molecule has 88 valence electrons. The van der Waals surface area contributed by atoms with Gasteiger partial charge in [-0.2, -0.15) is 4.37 Å². The van der Waals surface area contributed by atoms with Gasteiger partial charge in [-0.1, -0.05) is 11.8 Å². The van der Waals surface area contributed by atoms with Crippen LogP contribution >= 0.6 is 23.3 Å². The van der Waals surface area contributed by atoms with Crippen molar-refractivity contribution in [2.24, 2.45) is 0 Å². The predicted octanol–water partition coefficient (Wildman–Crippen LogP) is 1.50. The molecule has 0 aliphatic heterocycles. The molecule has 1 rings (SSSR count). The van der Waals surface area contributed by atoms with E-state index in [2.05, 4.69) is 9.36 Å². The SMILES string of the molecule is CCOC(=O)[C@H](C(C)=O)c1nc(SC)ns1. The summed E-state index contributed by atoms with van der Waals surface area (Å²) in [6.45, 7) is 3.29. The summed E-state index contributed by atoms with van der Waals surface area (Å²) in [6, 6.07) is 0. The van der Waals surface area contributed by atoms with Gasteiger partial charge in [-0.3, -0.25) is 9.59 Å². The molecule has 0 unspecified atom stereocenters. The molecule has 1 heterocycles. The molecule has 0 aromatic carbocycles. The number of esters is 1. The maximum absolute atomic E-state index is 11.6. The van der Waals surface area contributed by atoms with Crippen molar-refractivity contribution in [3.63, 3.8) is 0 Å². The summed E-state index contributed by atoms with van der Waals surface area (Å²) < 4.78 is 8.85. The van der Waals surface area contributed by atoms with E-state index in [0.717, 1.165) is 11.5 Å². The number of hydrogen-bond donors (Lipinski definition) is 0. The zero-order chi connectivity index (χ0) is 12.1. The van der Waals surface area contributed by atoms with Crippen molar-refractivity contribution in [1.82, 2.24) is 9.36 Å². The van der Waals surface area contributed by atoms with E-state index in [1.807, 2.05) is 6.26 Å². The molecule has 0 aliphatic rings. The first-order valence-corrected chi connectivity index (χ1v) is 6.64. The third kappa shape index (κ3) is 3.02. The number of carbonyl (C=O) groups is 2. The van der Waals surface area contributed by atoms with Crippen LogP contribution in [-0.2, 0) is 14.3 Å². The van der Waals surface area contributed by atoms with Gasteiger partial charge in [-0.25, -0.2) is 4.98 Å². The Kier molecular flexibility index (Phi) is 4.88. The number of Topliss-reactive ketones (excluding diaryl/α,β-unsaturated/α-hetero) is 1. The summed E-state index contributed by atoms with van der Waals surface area (Å²) in [6.07, 6.45) is 1.83. The molecule has 1 atom stereocenters. The van der Waals surface area contributed by atoms with Crippen molar-refractivity contribution in [1.29, 1.82) is 0 Å². The quantitative estimate of drug-likeness (QED) is 0.454. The number of aromatic nitrogens is 2. The predicted molar refractivity (Wildman–Crippen MR) is 61.7 cm³/mol. The molecule has 0 saturated carbocycles. The van der Waals surface area contributed by atoms with E-state index in [1.165, 1.54) is 18.7 Å². The van der Waals surface area contributed by atoms with Crippen LogP contribution in [-0.4, -0.2) is 34.0 Å². The molecule has 7 heteroatoms. The molecule has 1 aromatic heterocycles. The molecule has 0 radical (unpaired) electrons. The van der Waals surface area contributed by atoms with E-state index < -0.39 is 11.9 Å². The van der Waals surface area contributed by atoms with Gasteiger partial charge in [0.25, 0.3) is 0 Å². The standard InChI is InChI=1S/C9H12N2O3S2/c1-4-14-8(13)6(5(2)12)7-10-9(15-3)11-16-7/h6H,4H2,1-3H3/t6-/m1/s1. The molecule has 5 nitrogen and oxygen atoms in total. The van der Waals surface area contributed by atoms with Crippen LogP contribution in [0.5, 0.6) is 0 Å². The lowest BCUT2D eigenvalue weighted by Gasteiger charge is -2.08. The van der Waals surface area contributed by atoms with Gasteiger partial charge in [0, 0.05) is 0 Å². The number of nitrogens with zero attached hydrogens (tertiary/aromatic N) is 2. The summed E-state index contributed by atoms with van der Waals surface area (Å²) in [4.78, 5) is 27.1. The lowest BCUT2D eigenvalue weighted by molar-refractivity contribution is -0.147. The Bertz CT molecular complexity index is 392. The molecule has 0 aliphatic carbocycles. The summed E-state index contributed by atoms with van der Waals surface area (Å²) in [5.74, 6) is -1.76. The number of thioether (sulfide) groups is 1. The second-order valence-corrected chi connectivity index (χ2v) is 4.47. The van der Waals surface area contributed by atoms with Crippen LogP contribution in [0.25, 0.3) is 0 Å². The van der Waals surface area contributed by atoms with E-state index >= 15 is 0 Å². The molecule has 0 N–H and O–H groups in total. The minimum Gasteiger partial charge on any atom is -0.465 e. The van der Waals surface area contributed by atoms with Crippen molar-refractivity contribution < 1.29 is 14.3 Å². The van der Waals surface area contributed by atoms with Gasteiger partial charge in [0.15, 0.2) is 16.9 Å². The van der Waals surface area contributed by atoms with E-state index in [4.69, 9.17) is 4.74 Å². The Morgan fingerprint density at radius 1 is 1.56 bits per heavy atom. The fourth-order valence-corrected chi connectivity index (χ4v) is 2.45. The topological polar surface area (TPSA) is 69.2 Å². The monoisotopic (exact) mass is 260 g/mol. The van der Waals surface area contributed by atoms with Gasteiger partial charge in [0.2, 0.25) is 0 Å². The largest absolute Gasteiger partial charge is 0.465 e. The highest BCUT2D eigenvalue weighted by Gasteiger charge is 2.30. The first-order chi connectivity index (χ1) is 7.60. The number of hydrogen-bond acceptors (Lipinski definition) is 7. The van der Waals surface area contributed by atoms with Crippen LogP contribution in [0.3, 0.4) is 0 Å². The van der Waals surface area contributed by atoms with E-state index in [0.29, 0.717) is 10.2 Å². The molecule has 0 amide bonds. The summed E-state index contributed by atoms with van der Waals surface area (Å²) in [5, 5.41) is 0.964. The first-order valence-electron chi connectivity index (χ1n) is 4.64. The van der Waals surface area contributed by atoms with Crippen LogP contribution < -0.4 is 0 Å². The lowest BCUT2D eigenvalue weighted by atomic mass is 10.1. The highest BCUT2D eigenvalue weighted by molar-refractivity contribution is 7.98. The molecular weight excluding hydrogens is 248 g/mol. The highest BCUT2D eigenvalue weighted by atomic mass is 32.2. The minimum absolute atomic E-state index is 0.247. The van der Waals surface area contributed by atoms with E-state index in [1.54, 1.807) is 6.92 Å². The Balaban J connectivity index is 2.93. The van der Waals surface area contributed by atoms with Crippen LogP contribution in [0.15, 0.2) is 5.16 Å². The first kappa shape index (κ1) is 13.1. The third-order valence-electron chi connectivity index (χ3n) is 1.78. The molecule has 0 fully saturated rings. The molecule has 0 bridgehead atoms. The molecular formula is C9H12N2O3S2. The summed E-state index contributed by atoms with van der Waals surface area (Å²) in [7, 11) is 0. The highest BCUT2D eigenvalue weighted by Crippen LogP contribution is 2.23. The van der Waals surface area contributed by atoms with E-state index in [9.17, 15) is 9.59 Å². The summed E-state index contributed by atoms with van der Waals surface area (Å²) >= 11 is 2.43. The lowest BCUT2D eigenvalue weighted by Crippen LogP contribution is -2.22. The normalized spacial score (nSPS) is 12.2. The maximum Gasteiger partial charge on any atom is 0.323 e. The van der Waals surface area contributed by atoms with Crippen molar-refractivity contribution in [2.75, 3.05) is 12.9 Å². The number of carbonyl (C=O) groups excluding carboxylic acids is 2. The van der Waals surface area contributed by atoms with Gasteiger partial charge in [0.1, 0.15) is 5.01 Å². The fourth-order valence-electron chi connectivity index (χ4n) is 1.09. The Morgan fingerprint density at radius 2 is 2.25 bits per heavy atom. The number of ketones is 1. The van der Waals surface area contributed by atoms with Crippen LogP contribution in [0, 0.1) is 0 Å². The van der Waals surface area contributed by atoms with Crippen molar-refractivity contribution in [3.05, 3.63) is 5.01 Å². The van der Waals surface area contributed by atoms with Crippen LogP contribution in [0.2, 0.25) is 0 Å². The second kappa shape index (κ2) is 5.95. The second-order valence-electron chi connectivity index (χ2n) is 2.92. The summed E-state index contributed by atoms with van der Waals surface area (Å²) in [5.41, 5.74) is 0. The van der Waals surface area contributed by atoms with Gasteiger partial charge < -0.3 is 4.74 Å². The Hall–Kier alpha value is -0.950.